The van der Waals surface area contributed by atoms with Crippen LogP contribution in [-0.4, -0.2) is 25.0 Å². The summed E-state index contributed by atoms with van der Waals surface area (Å²) in [6.45, 7) is 1.49. The molecule has 82 valence electrons. The number of carboxylic acid groups (broad SMARTS) is 1. The van der Waals surface area contributed by atoms with E-state index < -0.39 is 11.8 Å². The zero-order valence-corrected chi connectivity index (χ0v) is 8.41. The van der Waals surface area contributed by atoms with Crippen molar-refractivity contribution in [1.29, 1.82) is 0 Å². The predicted molar refractivity (Wildman–Crippen MR) is 50.6 cm³/mol. The Labute approximate surface area is 86.2 Å². The standard InChI is InChI=1S/C10H11FO4/c1-6-3-9(15-5-14-2)8(11)4-7(6)10(12)13/h3-4H,5H2,1-2H3,(H,12,13). The molecule has 1 rings (SSSR count). The quantitative estimate of drug-likeness (QED) is 0.776. The SMILES string of the molecule is COCOc1cc(C)c(C(=O)O)cc1F. The van der Waals surface area contributed by atoms with Gasteiger partial charge in [0, 0.05) is 7.11 Å². The Balaban J connectivity index is 3.02. The molecule has 0 spiro atoms. The van der Waals surface area contributed by atoms with Crippen molar-refractivity contribution < 1.29 is 23.8 Å². The van der Waals surface area contributed by atoms with Crippen LogP contribution in [0.2, 0.25) is 0 Å². The van der Waals surface area contributed by atoms with Gasteiger partial charge in [0.1, 0.15) is 0 Å². The molecule has 0 aliphatic carbocycles. The van der Waals surface area contributed by atoms with Crippen LogP contribution in [0.4, 0.5) is 4.39 Å². The summed E-state index contributed by atoms with van der Waals surface area (Å²) < 4.78 is 22.8. The van der Waals surface area contributed by atoms with E-state index in [0.29, 0.717) is 5.56 Å². The summed E-state index contributed by atoms with van der Waals surface area (Å²) in [4.78, 5) is 10.7. The summed E-state index contributed by atoms with van der Waals surface area (Å²) in [6, 6.07) is 2.26. The Morgan fingerprint density at radius 2 is 2.20 bits per heavy atom. The lowest BCUT2D eigenvalue weighted by atomic mass is 10.1. The fourth-order valence-electron chi connectivity index (χ4n) is 1.12. The second-order valence-electron chi connectivity index (χ2n) is 2.95. The maximum absolute atomic E-state index is 13.3. The monoisotopic (exact) mass is 214 g/mol. The highest BCUT2D eigenvalue weighted by Crippen LogP contribution is 2.22. The van der Waals surface area contributed by atoms with Crippen molar-refractivity contribution >= 4 is 5.97 Å². The molecule has 0 aromatic heterocycles. The van der Waals surface area contributed by atoms with Gasteiger partial charge in [-0.05, 0) is 24.6 Å². The molecule has 0 saturated heterocycles. The number of ether oxygens (including phenoxy) is 2. The lowest BCUT2D eigenvalue weighted by Crippen LogP contribution is -2.05. The number of carbonyl (C=O) groups is 1. The van der Waals surface area contributed by atoms with E-state index in [9.17, 15) is 9.18 Å². The normalized spacial score (nSPS) is 10.1. The fourth-order valence-corrected chi connectivity index (χ4v) is 1.12. The average molecular weight is 214 g/mol. The molecule has 0 bridgehead atoms. The van der Waals surface area contributed by atoms with Crippen molar-refractivity contribution in [3.05, 3.63) is 29.1 Å². The Morgan fingerprint density at radius 1 is 1.53 bits per heavy atom. The molecule has 0 fully saturated rings. The number of aromatic carboxylic acids is 1. The van der Waals surface area contributed by atoms with Gasteiger partial charge in [0.15, 0.2) is 18.4 Å². The number of benzene rings is 1. The minimum absolute atomic E-state index is 0.0145. The minimum Gasteiger partial charge on any atom is -0.478 e. The number of aryl methyl sites for hydroxylation is 1. The Morgan fingerprint density at radius 3 is 2.73 bits per heavy atom. The molecule has 0 aliphatic rings. The van der Waals surface area contributed by atoms with E-state index in [4.69, 9.17) is 9.84 Å². The first kappa shape index (κ1) is 11.5. The van der Waals surface area contributed by atoms with Crippen LogP contribution in [0.15, 0.2) is 12.1 Å². The van der Waals surface area contributed by atoms with E-state index in [0.717, 1.165) is 6.07 Å². The van der Waals surface area contributed by atoms with Crippen molar-refractivity contribution in [2.45, 2.75) is 6.92 Å². The second-order valence-corrected chi connectivity index (χ2v) is 2.95. The maximum atomic E-state index is 13.3. The van der Waals surface area contributed by atoms with E-state index in [-0.39, 0.29) is 18.1 Å². The molecule has 0 atom stereocenters. The summed E-state index contributed by atoms with van der Waals surface area (Å²) >= 11 is 0. The third-order valence-electron chi connectivity index (χ3n) is 1.84. The molecule has 1 aromatic carbocycles. The zero-order chi connectivity index (χ0) is 11.4. The molecular formula is C10H11FO4. The van der Waals surface area contributed by atoms with Crippen LogP contribution in [0, 0.1) is 12.7 Å². The summed E-state index contributed by atoms with van der Waals surface area (Å²) in [7, 11) is 1.41. The van der Waals surface area contributed by atoms with Gasteiger partial charge in [0.2, 0.25) is 0 Å². The van der Waals surface area contributed by atoms with Gasteiger partial charge in [0.05, 0.1) is 5.56 Å². The topological polar surface area (TPSA) is 55.8 Å². The number of methoxy groups -OCH3 is 1. The summed E-state index contributed by atoms with van der Waals surface area (Å²) in [5, 5.41) is 8.72. The molecule has 1 aromatic rings. The van der Waals surface area contributed by atoms with Crippen molar-refractivity contribution in [1.82, 2.24) is 0 Å². The van der Waals surface area contributed by atoms with E-state index in [1.165, 1.54) is 13.2 Å². The number of hydrogen-bond donors (Lipinski definition) is 1. The lowest BCUT2D eigenvalue weighted by Gasteiger charge is -2.08. The highest BCUT2D eigenvalue weighted by atomic mass is 19.1. The zero-order valence-electron chi connectivity index (χ0n) is 8.41. The van der Waals surface area contributed by atoms with E-state index in [2.05, 4.69) is 4.74 Å². The number of halogens is 1. The van der Waals surface area contributed by atoms with Crippen LogP contribution < -0.4 is 4.74 Å². The summed E-state index contributed by atoms with van der Waals surface area (Å²) in [5.41, 5.74) is 0.368. The maximum Gasteiger partial charge on any atom is 0.336 e. The van der Waals surface area contributed by atoms with Gasteiger partial charge in [0.25, 0.3) is 0 Å². The smallest absolute Gasteiger partial charge is 0.336 e. The van der Waals surface area contributed by atoms with E-state index >= 15 is 0 Å². The third kappa shape index (κ3) is 2.66. The molecular weight excluding hydrogens is 203 g/mol. The molecule has 0 radical (unpaired) electrons. The fraction of sp³-hybridized carbons (Fsp3) is 0.300. The molecule has 4 nitrogen and oxygen atoms in total. The van der Waals surface area contributed by atoms with Crippen LogP contribution >= 0.6 is 0 Å². The van der Waals surface area contributed by atoms with Crippen LogP contribution in [0.5, 0.6) is 5.75 Å². The average Bonchev–Trinajstić information content (AvgIpc) is 2.18. The van der Waals surface area contributed by atoms with Gasteiger partial charge in [-0.1, -0.05) is 0 Å². The molecule has 15 heavy (non-hydrogen) atoms. The van der Waals surface area contributed by atoms with Crippen LogP contribution in [-0.2, 0) is 4.74 Å². The Kier molecular flexibility index (Phi) is 3.62. The lowest BCUT2D eigenvalue weighted by molar-refractivity contribution is 0.0482. The number of carboxylic acids is 1. The highest BCUT2D eigenvalue weighted by Gasteiger charge is 2.12. The Hall–Kier alpha value is -1.62. The van der Waals surface area contributed by atoms with Gasteiger partial charge in [-0.3, -0.25) is 0 Å². The summed E-state index contributed by atoms with van der Waals surface area (Å²) in [6.07, 6.45) is 0. The predicted octanol–water partition coefficient (Wildman–Crippen LogP) is 1.82. The Bertz CT molecular complexity index is 376. The molecule has 1 N–H and O–H groups in total. The number of hydrogen-bond acceptors (Lipinski definition) is 3. The van der Waals surface area contributed by atoms with E-state index in [1.54, 1.807) is 6.92 Å². The second kappa shape index (κ2) is 4.75. The molecule has 0 saturated carbocycles. The molecule has 0 heterocycles. The van der Waals surface area contributed by atoms with Crippen LogP contribution in [0.3, 0.4) is 0 Å². The van der Waals surface area contributed by atoms with Crippen LogP contribution in [0.1, 0.15) is 15.9 Å². The van der Waals surface area contributed by atoms with Gasteiger partial charge < -0.3 is 14.6 Å². The first-order valence-corrected chi connectivity index (χ1v) is 4.21. The van der Waals surface area contributed by atoms with Gasteiger partial charge in [-0.2, -0.15) is 0 Å². The van der Waals surface area contributed by atoms with Gasteiger partial charge >= 0.3 is 5.97 Å². The highest BCUT2D eigenvalue weighted by molar-refractivity contribution is 5.89. The van der Waals surface area contributed by atoms with Crippen molar-refractivity contribution in [3.8, 4) is 5.75 Å². The molecule has 0 amide bonds. The molecule has 0 aliphatic heterocycles. The molecule has 5 heteroatoms. The van der Waals surface area contributed by atoms with Crippen LogP contribution in [0.25, 0.3) is 0 Å². The first-order valence-electron chi connectivity index (χ1n) is 4.21. The van der Waals surface area contributed by atoms with Gasteiger partial charge in [-0.25, -0.2) is 9.18 Å². The minimum atomic E-state index is -1.16. The summed E-state index contributed by atoms with van der Waals surface area (Å²) in [5.74, 6) is -1.89. The molecule has 0 unspecified atom stereocenters. The van der Waals surface area contributed by atoms with E-state index in [1.807, 2.05) is 0 Å². The van der Waals surface area contributed by atoms with Crippen molar-refractivity contribution in [3.63, 3.8) is 0 Å². The largest absolute Gasteiger partial charge is 0.478 e. The first-order chi connectivity index (χ1) is 7.06. The third-order valence-corrected chi connectivity index (χ3v) is 1.84. The van der Waals surface area contributed by atoms with Crippen molar-refractivity contribution in [2.24, 2.45) is 0 Å². The number of rotatable bonds is 4. The van der Waals surface area contributed by atoms with Crippen molar-refractivity contribution in [2.75, 3.05) is 13.9 Å². The van der Waals surface area contributed by atoms with Gasteiger partial charge in [-0.15, -0.1) is 0 Å².